The van der Waals surface area contributed by atoms with E-state index < -0.39 is 0 Å². The van der Waals surface area contributed by atoms with Gasteiger partial charge in [-0.2, -0.15) is 5.10 Å². The number of piperazine rings is 1. The SMILES string of the molecule is Cc1cc(C)n(-c2ccc(N3CCN(C(=O)C4CC(=O)N(c5ccc(C)c(C)c5)C4)CC3)nn2)n1. The Hall–Kier alpha value is -3.75. The van der Waals surface area contributed by atoms with Gasteiger partial charge in [0, 0.05) is 50.5 Å². The Kier molecular flexibility index (Phi) is 6.00. The summed E-state index contributed by atoms with van der Waals surface area (Å²) in [5.41, 5.74) is 5.16. The van der Waals surface area contributed by atoms with E-state index in [9.17, 15) is 9.59 Å². The second-order valence-electron chi connectivity index (χ2n) is 9.57. The zero-order valence-corrected chi connectivity index (χ0v) is 20.7. The number of hydrogen-bond acceptors (Lipinski definition) is 6. The van der Waals surface area contributed by atoms with Gasteiger partial charge in [0.2, 0.25) is 11.8 Å². The number of aryl methyl sites for hydroxylation is 4. The van der Waals surface area contributed by atoms with Gasteiger partial charge in [0.25, 0.3) is 0 Å². The lowest BCUT2D eigenvalue weighted by atomic mass is 10.1. The number of carbonyl (C=O) groups excluding carboxylic acids is 2. The first-order valence-electron chi connectivity index (χ1n) is 12.1. The molecule has 9 heteroatoms. The minimum absolute atomic E-state index is 0.0169. The van der Waals surface area contributed by atoms with Crippen molar-refractivity contribution in [3.63, 3.8) is 0 Å². The molecule has 2 aliphatic heterocycles. The standard InChI is InChI=1S/C26H31N7O2/c1-17-5-6-22(13-18(17)2)32-16-21(15-25(32)34)26(35)31-11-9-30(10-12-31)23-7-8-24(28-27-23)33-20(4)14-19(3)29-33/h5-8,13-14,21H,9-12,15-16H2,1-4H3. The molecule has 35 heavy (non-hydrogen) atoms. The van der Waals surface area contributed by atoms with E-state index >= 15 is 0 Å². The lowest BCUT2D eigenvalue weighted by molar-refractivity contribution is -0.136. The summed E-state index contributed by atoms with van der Waals surface area (Å²) < 4.78 is 1.78. The molecule has 4 heterocycles. The Morgan fingerprint density at radius 1 is 0.886 bits per heavy atom. The Labute approximate surface area is 205 Å². The normalized spacial score (nSPS) is 18.5. The summed E-state index contributed by atoms with van der Waals surface area (Å²) in [5.74, 6) is 1.26. The van der Waals surface area contributed by atoms with E-state index in [1.165, 1.54) is 5.56 Å². The lowest BCUT2D eigenvalue weighted by Crippen LogP contribution is -2.51. The van der Waals surface area contributed by atoms with Gasteiger partial charge in [-0.3, -0.25) is 9.59 Å². The van der Waals surface area contributed by atoms with Gasteiger partial charge in [-0.1, -0.05) is 6.07 Å². The molecule has 2 aromatic heterocycles. The molecule has 1 atom stereocenters. The molecule has 9 nitrogen and oxygen atoms in total. The second kappa shape index (κ2) is 9.13. The molecule has 1 aromatic carbocycles. The van der Waals surface area contributed by atoms with Crippen molar-refractivity contribution in [3.8, 4) is 5.82 Å². The highest BCUT2D eigenvalue weighted by molar-refractivity contribution is 6.00. The first-order chi connectivity index (χ1) is 16.8. The minimum Gasteiger partial charge on any atom is -0.352 e. The van der Waals surface area contributed by atoms with E-state index in [0.717, 1.165) is 28.5 Å². The van der Waals surface area contributed by atoms with Crippen LogP contribution in [0.4, 0.5) is 11.5 Å². The molecule has 2 saturated heterocycles. The number of rotatable bonds is 4. The highest BCUT2D eigenvalue weighted by Crippen LogP contribution is 2.28. The summed E-state index contributed by atoms with van der Waals surface area (Å²) in [6, 6.07) is 11.9. The van der Waals surface area contributed by atoms with Crippen molar-refractivity contribution in [2.75, 3.05) is 42.5 Å². The van der Waals surface area contributed by atoms with Crippen LogP contribution in [0, 0.1) is 33.6 Å². The Morgan fingerprint density at radius 2 is 1.60 bits per heavy atom. The van der Waals surface area contributed by atoms with Crippen LogP contribution in [0.1, 0.15) is 28.9 Å². The van der Waals surface area contributed by atoms with Crippen LogP contribution in [0.5, 0.6) is 0 Å². The van der Waals surface area contributed by atoms with E-state index in [2.05, 4.69) is 27.1 Å². The van der Waals surface area contributed by atoms with Crippen LogP contribution in [-0.4, -0.2) is 69.4 Å². The van der Waals surface area contributed by atoms with Gasteiger partial charge >= 0.3 is 0 Å². The fourth-order valence-corrected chi connectivity index (χ4v) is 4.89. The first-order valence-corrected chi connectivity index (χ1v) is 12.1. The number of amides is 2. The average molecular weight is 474 g/mol. The Morgan fingerprint density at radius 3 is 2.23 bits per heavy atom. The molecule has 0 bridgehead atoms. The second-order valence-corrected chi connectivity index (χ2v) is 9.57. The molecule has 0 aliphatic carbocycles. The molecule has 0 saturated carbocycles. The van der Waals surface area contributed by atoms with Gasteiger partial charge in [-0.25, -0.2) is 4.68 Å². The van der Waals surface area contributed by atoms with Crippen molar-refractivity contribution in [1.82, 2.24) is 24.9 Å². The molecule has 2 amide bonds. The van der Waals surface area contributed by atoms with Gasteiger partial charge in [0.05, 0.1) is 11.6 Å². The van der Waals surface area contributed by atoms with Crippen LogP contribution < -0.4 is 9.80 Å². The monoisotopic (exact) mass is 473 g/mol. The summed E-state index contributed by atoms with van der Waals surface area (Å²) in [4.78, 5) is 31.7. The van der Waals surface area contributed by atoms with E-state index in [-0.39, 0.29) is 24.2 Å². The highest BCUT2D eigenvalue weighted by atomic mass is 16.2. The van der Waals surface area contributed by atoms with E-state index in [4.69, 9.17) is 0 Å². The number of aromatic nitrogens is 4. The predicted octanol–water partition coefficient (Wildman–Crippen LogP) is 2.60. The molecule has 0 radical (unpaired) electrons. The van der Waals surface area contributed by atoms with Gasteiger partial charge in [0.15, 0.2) is 11.6 Å². The Bertz CT molecular complexity index is 1260. The molecule has 1 unspecified atom stereocenters. The fraction of sp³-hybridized carbons (Fsp3) is 0.423. The summed E-state index contributed by atoms with van der Waals surface area (Å²) in [7, 11) is 0. The number of carbonyl (C=O) groups is 2. The van der Waals surface area contributed by atoms with Crippen molar-refractivity contribution in [1.29, 1.82) is 0 Å². The van der Waals surface area contributed by atoms with Crippen molar-refractivity contribution < 1.29 is 9.59 Å². The first kappa shape index (κ1) is 23.0. The van der Waals surface area contributed by atoms with Crippen LogP contribution in [-0.2, 0) is 9.59 Å². The zero-order chi connectivity index (χ0) is 24.7. The smallest absolute Gasteiger partial charge is 0.228 e. The minimum atomic E-state index is -0.296. The van der Waals surface area contributed by atoms with Crippen LogP contribution in [0.3, 0.4) is 0 Å². The third-order valence-corrected chi connectivity index (χ3v) is 7.05. The van der Waals surface area contributed by atoms with Crippen LogP contribution in [0.2, 0.25) is 0 Å². The van der Waals surface area contributed by atoms with Crippen LogP contribution in [0.15, 0.2) is 36.4 Å². The number of anilines is 2. The van der Waals surface area contributed by atoms with E-state index in [1.807, 2.05) is 62.1 Å². The highest BCUT2D eigenvalue weighted by Gasteiger charge is 2.38. The van der Waals surface area contributed by atoms with Gasteiger partial charge in [-0.15, -0.1) is 10.2 Å². The summed E-state index contributed by atoms with van der Waals surface area (Å²) in [5, 5.41) is 13.2. The summed E-state index contributed by atoms with van der Waals surface area (Å²) in [6.45, 7) is 11.1. The third-order valence-electron chi connectivity index (χ3n) is 7.05. The Balaban J connectivity index is 1.19. The molecular weight excluding hydrogens is 442 g/mol. The van der Waals surface area contributed by atoms with Crippen molar-refractivity contribution in [3.05, 3.63) is 58.9 Å². The largest absolute Gasteiger partial charge is 0.352 e. The summed E-state index contributed by atoms with van der Waals surface area (Å²) in [6.07, 6.45) is 0.269. The molecule has 5 rings (SSSR count). The molecule has 3 aromatic rings. The fourth-order valence-electron chi connectivity index (χ4n) is 4.89. The number of hydrogen-bond donors (Lipinski definition) is 0. The zero-order valence-electron chi connectivity index (χ0n) is 20.7. The van der Waals surface area contributed by atoms with Gasteiger partial charge < -0.3 is 14.7 Å². The van der Waals surface area contributed by atoms with Crippen molar-refractivity contribution in [2.45, 2.75) is 34.1 Å². The average Bonchev–Trinajstić information content (AvgIpc) is 3.41. The predicted molar refractivity (Wildman–Crippen MR) is 134 cm³/mol. The van der Waals surface area contributed by atoms with Gasteiger partial charge in [-0.05, 0) is 69.2 Å². The topological polar surface area (TPSA) is 87.5 Å². The molecule has 2 aliphatic rings. The molecule has 0 N–H and O–H groups in total. The quantitative estimate of drug-likeness (QED) is 0.579. The van der Waals surface area contributed by atoms with Gasteiger partial charge in [0.1, 0.15) is 0 Å². The maximum absolute atomic E-state index is 13.2. The van der Waals surface area contributed by atoms with Crippen LogP contribution >= 0.6 is 0 Å². The maximum atomic E-state index is 13.2. The van der Waals surface area contributed by atoms with Crippen LogP contribution in [0.25, 0.3) is 5.82 Å². The van der Waals surface area contributed by atoms with E-state index in [1.54, 1.807) is 9.58 Å². The molecule has 0 spiro atoms. The number of benzene rings is 1. The number of nitrogens with zero attached hydrogens (tertiary/aromatic N) is 7. The molecule has 182 valence electrons. The van der Waals surface area contributed by atoms with Crippen molar-refractivity contribution in [2.24, 2.45) is 5.92 Å². The summed E-state index contributed by atoms with van der Waals surface area (Å²) >= 11 is 0. The maximum Gasteiger partial charge on any atom is 0.228 e. The molecular formula is C26H31N7O2. The van der Waals surface area contributed by atoms with E-state index in [0.29, 0.717) is 38.5 Å². The lowest BCUT2D eigenvalue weighted by Gasteiger charge is -2.36. The third kappa shape index (κ3) is 4.50. The van der Waals surface area contributed by atoms with Crippen molar-refractivity contribution >= 4 is 23.3 Å². The molecule has 2 fully saturated rings.